The largest absolute Gasteiger partial charge is 0.490 e. The monoisotopic (exact) mass is 329 g/mol. The van der Waals surface area contributed by atoms with Crippen LogP contribution >= 0.6 is 15.9 Å². The quantitative estimate of drug-likeness (QED) is 0.777. The summed E-state index contributed by atoms with van der Waals surface area (Å²) < 4.78 is 12.2. The summed E-state index contributed by atoms with van der Waals surface area (Å²) >= 11 is 3.56. The Bertz CT molecular complexity index is 396. The lowest BCUT2D eigenvalue weighted by Crippen LogP contribution is -2.24. The second kappa shape index (κ2) is 8.43. The van der Waals surface area contributed by atoms with Crippen LogP contribution in [0.15, 0.2) is 16.6 Å². The first-order chi connectivity index (χ1) is 9.12. The molecule has 0 aliphatic heterocycles. The van der Waals surface area contributed by atoms with Crippen LogP contribution in [0.2, 0.25) is 0 Å². The molecule has 0 saturated carbocycles. The van der Waals surface area contributed by atoms with Crippen molar-refractivity contribution in [1.82, 2.24) is 5.32 Å². The van der Waals surface area contributed by atoms with Crippen molar-refractivity contribution in [3.05, 3.63) is 22.2 Å². The smallest absolute Gasteiger partial charge is 0.175 e. The number of halogens is 1. The van der Waals surface area contributed by atoms with Crippen LogP contribution in [-0.2, 0) is 6.54 Å². The van der Waals surface area contributed by atoms with E-state index in [0.717, 1.165) is 28.9 Å². The Morgan fingerprint density at radius 1 is 1.16 bits per heavy atom. The van der Waals surface area contributed by atoms with Gasteiger partial charge in [-0.1, -0.05) is 6.92 Å². The summed E-state index contributed by atoms with van der Waals surface area (Å²) in [6.45, 7) is 10.4. The first-order valence-electron chi connectivity index (χ1n) is 6.93. The van der Waals surface area contributed by atoms with E-state index in [1.165, 1.54) is 5.56 Å². The van der Waals surface area contributed by atoms with E-state index in [1.54, 1.807) is 0 Å². The number of hydrogen-bond donors (Lipinski definition) is 1. The summed E-state index contributed by atoms with van der Waals surface area (Å²) in [5.41, 5.74) is 1.19. The minimum absolute atomic E-state index is 0.515. The lowest BCUT2D eigenvalue weighted by molar-refractivity contribution is 0.286. The third kappa shape index (κ3) is 5.03. The van der Waals surface area contributed by atoms with Gasteiger partial charge in [0, 0.05) is 12.6 Å². The molecule has 0 bridgehead atoms. The molecule has 0 radical (unpaired) electrons. The molecule has 1 atom stereocenters. The average molecular weight is 330 g/mol. The minimum atomic E-state index is 0.515. The summed E-state index contributed by atoms with van der Waals surface area (Å²) in [6, 6.07) is 4.65. The van der Waals surface area contributed by atoms with Crippen LogP contribution in [0.1, 0.15) is 39.7 Å². The van der Waals surface area contributed by atoms with Crippen LogP contribution < -0.4 is 14.8 Å². The Balaban J connectivity index is 2.89. The Morgan fingerprint density at radius 3 is 2.42 bits per heavy atom. The fourth-order valence-electron chi connectivity index (χ4n) is 1.71. The number of ether oxygens (including phenoxy) is 2. The molecular formula is C15H24BrNO2. The van der Waals surface area contributed by atoms with Gasteiger partial charge in [-0.15, -0.1) is 0 Å². The van der Waals surface area contributed by atoms with Gasteiger partial charge in [0.1, 0.15) is 0 Å². The lowest BCUT2D eigenvalue weighted by atomic mass is 10.1. The summed E-state index contributed by atoms with van der Waals surface area (Å²) in [6.07, 6.45) is 1.12. The molecule has 1 N–H and O–H groups in total. The van der Waals surface area contributed by atoms with Gasteiger partial charge < -0.3 is 14.8 Å². The molecule has 0 unspecified atom stereocenters. The van der Waals surface area contributed by atoms with E-state index in [2.05, 4.69) is 47.2 Å². The van der Waals surface area contributed by atoms with Gasteiger partial charge in [-0.2, -0.15) is 0 Å². The molecule has 0 aliphatic carbocycles. The van der Waals surface area contributed by atoms with Crippen LogP contribution in [0, 0.1) is 0 Å². The SMILES string of the molecule is CCOc1cc(CN[C@@H](C)CC)cc(Br)c1OCC. The fourth-order valence-corrected chi connectivity index (χ4v) is 2.31. The molecule has 1 aromatic carbocycles. The molecular weight excluding hydrogens is 306 g/mol. The van der Waals surface area contributed by atoms with Crippen molar-refractivity contribution >= 4 is 15.9 Å². The Labute approximate surface area is 124 Å². The van der Waals surface area contributed by atoms with Crippen molar-refractivity contribution < 1.29 is 9.47 Å². The minimum Gasteiger partial charge on any atom is -0.490 e. The molecule has 0 fully saturated rings. The highest BCUT2D eigenvalue weighted by atomic mass is 79.9. The Kier molecular flexibility index (Phi) is 7.24. The van der Waals surface area contributed by atoms with Crippen LogP contribution in [-0.4, -0.2) is 19.3 Å². The second-order valence-electron chi connectivity index (χ2n) is 4.46. The van der Waals surface area contributed by atoms with Gasteiger partial charge >= 0.3 is 0 Å². The average Bonchev–Trinajstić information content (AvgIpc) is 2.40. The van der Waals surface area contributed by atoms with Crippen molar-refractivity contribution in [1.29, 1.82) is 0 Å². The zero-order valence-corrected chi connectivity index (χ0v) is 13.8. The van der Waals surface area contributed by atoms with Gasteiger partial charge in [-0.3, -0.25) is 0 Å². The van der Waals surface area contributed by atoms with E-state index in [4.69, 9.17) is 9.47 Å². The predicted octanol–water partition coefficient (Wildman–Crippen LogP) is 4.13. The molecule has 19 heavy (non-hydrogen) atoms. The number of hydrogen-bond acceptors (Lipinski definition) is 3. The summed E-state index contributed by atoms with van der Waals surface area (Å²) in [5, 5.41) is 3.48. The molecule has 0 heterocycles. The standard InChI is InChI=1S/C15H24BrNO2/c1-5-11(4)17-10-12-8-13(16)15(19-7-3)14(9-12)18-6-2/h8-9,11,17H,5-7,10H2,1-4H3/t11-/m0/s1. The summed E-state index contributed by atoms with van der Waals surface area (Å²) in [4.78, 5) is 0. The zero-order chi connectivity index (χ0) is 14.3. The van der Waals surface area contributed by atoms with Crippen molar-refractivity contribution in [3.8, 4) is 11.5 Å². The van der Waals surface area contributed by atoms with Crippen LogP contribution in [0.5, 0.6) is 11.5 Å². The molecule has 3 nitrogen and oxygen atoms in total. The Morgan fingerprint density at radius 2 is 1.84 bits per heavy atom. The molecule has 1 rings (SSSR count). The highest BCUT2D eigenvalue weighted by molar-refractivity contribution is 9.10. The zero-order valence-electron chi connectivity index (χ0n) is 12.3. The van der Waals surface area contributed by atoms with E-state index in [0.29, 0.717) is 19.3 Å². The van der Waals surface area contributed by atoms with Crippen molar-refractivity contribution in [2.24, 2.45) is 0 Å². The molecule has 4 heteroatoms. The topological polar surface area (TPSA) is 30.5 Å². The molecule has 0 spiro atoms. The third-order valence-electron chi connectivity index (χ3n) is 2.92. The van der Waals surface area contributed by atoms with E-state index < -0.39 is 0 Å². The first kappa shape index (κ1) is 16.3. The van der Waals surface area contributed by atoms with Crippen LogP contribution in [0.4, 0.5) is 0 Å². The molecule has 1 aromatic rings. The molecule has 0 aliphatic rings. The maximum absolute atomic E-state index is 5.66. The molecule has 0 aromatic heterocycles. The van der Waals surface area contributed by atoms with Crippen molar-refractivity contribution in [3.63, 3.8) is 0 Å². The third-order valence-corrected chi connectivity index (χ3v) is 3.51. The van der Waals surface area contributed by atoms with Crippen LogP contribution in [0.25, 0.3) is 0 Å². The van der Waals surface area contributed by atoms with Crippen LogP contribution in [0.3, 0.4) is 0 Å². The van der Waals surface area contributed by atoms with E-state index in [-0.39, 0.29) is 0 Å². The van der Waals surface area contributed by atoms with Gasteiger partial charge in [0.25, 0.3) is 0 Å². The summed E-state index contributed by atoms with van der Waals surface area (Å²) in [5.74, 6) is 1.59. The predicted molar refractivity (Wildman–Crippen MR) is 83.1 cm³/mol. The van der Waals surface area contributed by atoms with Gasteiger partial charge in [0.15, 0.2) is 11.5 Å². The fraction of sp³-hybridized carbons (Fsp3) is 0.600. The first-order valence-corrected chi connectivity index (χ1v) is 7.72. The van der Waals surface area contributed by atoms with Gasteiger partial charge in [-0.05, 0) is 60.8 Å². The lowest BCUT2D eigenvalue weighted by Gasteiger charge is -2.16. The maximum Gasteiger partial charge on any atom is 0.175 e. The van der Waals surface area contributed by atoms with E-state index in [1.807, 2.05) is 13.8 Å². The van der Waals surface area contributed by atoms with Gasteiger partial charge in [-0.25, -0.2) is 0 Å². The van der Waals surface area contributed by atoms with Crippen molar-refractivity contribution in [2.75, 3.05) is 13.2 Å². The van der Waals surface area contributed by atoms with Gasteiger partial charge in [0.2, 0.25) is 0 Å². The highest BCUT2D eigenvalue weighted by Crippen LogP contribution is 2.36. The normalized spacial score (nSPS) is 12.3. The second-order valence-corrected chi connectivity index (χ2v) is 5.32. The Hall–Kier alpha value is -0.740. The molecule has 0 saturated heterocycles. The van der Waals surface area contributed by atoms with E-state index >= 15 is 0 Å². The summed E-state index contributed by atoms with van der Waals surface area (Å²) in [7, 11) is 0. The molecule has 108 valence electrons. The van der Waals surface area contributed by atoms with E-state index in [9.17, 15) is 0 Å². The van der Waals surface area contributed by atoms with Gasteiger partial charge in [0.05, 0.1) is 17.7 Å². The molecule has 0 amide bonds. The number of nitrogens with one attached hydrogen (secondary N) is 1. The number of rotatable bonds is 8. The number of benzene rings is 1. The maximum atomic E-state index is 5.66. The highest BCUT2D eigenvalue weighted by Gasteiger charge is 2.12. The van der Waals surface area contributed by atoms with Crippen molar-refractivity contribution in [2.45, 2.75) is 46.7 Å².